The predicted molar refractivity (Wildman–Crippen MR) is 296 cm³/mol. The fourth-order valence-corrected chi connectivity index (χ4v) is 8.44. The van der Waals surface area contributed by atoms with Crippen molar-refractivity contribution >= 4 is 76.0 Å². The molecule has 1 aromatic heterocycles. The molecule has 0 unspecified atom stereocenters. The summed E-state index contributed by atoms with van der Waals surface area (Å²) in [5, 5.41) is 82.5. The molecule has 4 rings (SSSR count). The van der Waals surface area contributed by atoms with E-state index in [4.69, 9.17) is 10.8 Å². The van der Waals surface area contributed by atoms with E-state index in [2.05, 4.69) is 52.8 Å². The molecule has 83 heavy (non-hydrogen) atoms. The first-order valence-electron chi connectivity index (χ1n) is 26.5. The number of aliphatic hydroxyl groups is 4. The van der Waals surface area contributed by atoms with Crippen molar-refractivity contribution in [2.45, 2.75) is 120 Å². The van der Waals surface area contributed by atoms with Crippen LogP contribution >= 0.6 is 0 Å². The van der Waals surface area contributed by atoms with Crippen molar-refractivity contribution in [2.24, 2.45) is 11.7 Å². The van der Waals surface area contributed by atoms with Crippen molar-refractivity contribution < 1.29 is 83.4 Å². The van der Waals surface area contributed by atoms with Gasteiger partial charge in [-0.15, -0.1) is 0 Å². The van der Waals surface area contributed by atoms with Crippen LogP contribution in [0.15, 0.2) is 91.1 Å². The smallest absolute Gasteiger partial charge is 0.326 e. The van der Waals surface area contributed by atoms with Gasteiger partial charge in [-0.1, -0.05) is 99.1 Å². The zero-order valence-corrected chi connectivity index (χ0v) is 45.8. The van der Waals surface area contributed by atoms with Gasteiger partial charge < -0.3 is 89.2 Å². The molecule has 0 aliphatic rings. The number of para-hydroxylation sites is 1. The van der Waals surface area contributed by atoms with E-state index in [1.165, 1.54) is 6.92 Å². The highest BCUT2D eigenvalue weighted by Gasteiger charge is 2.37. The minimum atomic E-state index is -1.93. The third-order valence-corrected chi connectivity index (χ3v) is 13.3. The summed E-state index contributed by atoms with van der Waals surface area (Å²) in [6.07, 6.45) is -1.37. The highest BCUT2D eigenvalue weighted by atomic mass is 16.4. The van der Waals surface area contributed by atoms with Gasteiger partial charge in [-0.3, -0.25) is 47.9 Å². The summed E-state index contributed by atoms with van der Waals surface area (Å²) in [6, 6.07) is 8.69. The first-order valence-corrected chi connectivity index (χ1v) is 26.5. The monoisotopic (exact) mass is 1160 g/mol. The Morgan fingerprint density at radius 2 is 0.892 bits per heavy atom. The molecule has 28 nitrogen and oxygen atoms in total. The Labute approximate surface area is 476 Å². The number of nitrogens with one attached hydrogen (secondary N) is 10. The number of hydrogen-bond donors (Lipinski definition) is 17. The summed E-state index contributed by atoms with van der Waals surface area (Å²) in [5.74, 6) is -12.9. The molecule has 0 saturated heterocycles. The number of nitrogens with two attached hydrogens (primary N) is 1. The molecule has 0 aliphatic carbocycles. The van der Waals surface area contributed by atoms with Crippen LogP contribution in [0, 0.1) is 5.92 Å². The average Bonchev–Trinajstić information content (AvgIpc) is 4.16. The lowest BCUT2D eigenvalue weighted by molar-refractivity contribution is -0.144. The molecular formula is C55H73N11O17. The number of H-pyrrole nitrogens is 1. The van der Waals surface area contributed by atoms with Crippen molar-refractivity contribution in [3.05, 3.63) is 108 Å². The number of aliphatic hydroxyl groups excluding tert-OH is 4. The molecule has 28 heteroatoms. The average molecular weight is 1160 g/mol. The van der Waals surface area contributed by atoms with Gasteiger partial charge in [0, 0.05) is 42.8 Å². The van der Waals surface area contributed by atoms with E-state index in [1.54, 1.807) is 105 Å². The zero-order chi connectivity index (χ0) is 61.3. The number of carboxylic acids is 2. The maximum Gasteiger partial charge on any atom is 0.326 e. The number of benzene rings is 3. The normalized spacial score (nSPS) is 15.1. The molecule has 3 aromatic carbocycles. The summed E-state index contributed by atoms with van der Waals surface area (Å²) < 4.78 is 0. The van der Waals surface area contributed by atoms with Crippen molar-refractivity contribution in [3.63, 3.8) is 0 Å². The minimum Gasteiger partial charge on any atom is -0.481 e. The lowest BCUT2D eigenvalue weighted by Gasteiger charge is -2.28. The maximum atomic E-state index is 14.2. The summed E-state index contributed by atoms with van der Waals surface area (Å²) in [6.45, 7) is 0.574. The summed E-state index contributed by atoms with van der Waals surface area (Å²) in [7, 11) is 0. The van der Waals surface area contributed by atoms with E-state index < -0.39 is 171 Å². The molecule has 0 radical (unpaired) electrons. The number of rotatable bonds is 34. The van der Waals surface area contributed by atoms with Gasteiger partial charge in [-0.2, -0.15) is 0 Å². The number of carbonyl (C=O) groups excluding carboxylic acids is 9. The molecule has 450 valence electrons. The molecule has 0 saturated carbocycles. The number of aliphatic carboxylic acids is 2. The van der Waals surface area contributed by atoms with Gasteiger partial charge in [0.05, 0.1) is 32.5 Å². The molecule has 0 fully saturated rings. The van der Waals surface area contributed by atoms with Gasteiger partial charge >= 0.3 is 11.9 Å². The van der Waals surface area contributed by atoms with E-state index in [0.29, 0.717) is 27.6 Å². The topological polar surface area (TPSA) is 459 Å². The van der Waals surface area contributed by atoms with Gasteiger partial charge in [-0.25, -0.2) is 4.79 Å². The maximum absolute atomic E-state index is 14.2. The summed E-state index contributed by atoms with van der Waals surface area (Å²) in [5.41, 5.74) is 7.73. The van der Waals surface area contributed by atoms with Crippen LogP contribution in [0.2, 0.25) is 0 Å². The number of fused-ring (bicyclic) bond motifs is 1. The number of carbonyl (C=O) groups is 11. The van der Waals surface area contributed by atoms with Gasteiger partial charge in [0.25, 0.3) is 0 Å². The Morgan fingerprint density at radius 1 is 0.494 bits per heavy atom. The SMILES string of the molecule is CC[C@H](C)[C@H](NC(=O)[C@H](Cc1c[nH]c2ccccc12)NC(=O)[C@H](CO)NC(=O)[C@H](CO)NC(=O)[C@H](CO)NC(=O)[C@H](Cc1ccccc1)NC(=O)[C@@H](NC(=O)[C@H](Cc1ccccc1)NC(=O)CN)[C@@H](C)O)C(=O)N[C@@H](CCC(=O)O)C(=O)O. The Morgan fingerprint density at radius 3 is 1.35 bits per heavy atom. The molecule has 1 heterocycles. The van der Waals surface area contributed by atoms with Crippen molar-refractivity contribution in [3.8, 4) is 0 Å². The molecule has 18 N–H and O–H groups in total. The Hall–Kier alpha value is -8.83. The fourth-order valence-electron chi connectivity index (χ4n) is 8.44. The van der Waals surface area contributed by atoms with Crippen LogP contribution in [0.3, 0.4) is 0 Å². The highest BCUT2D eigenvalue weighted by Crippen LogP contribution is 2.20. The van der Waals surface area contributed by atoms with Gasteiger partial charge in [0.1, 0.15) is 54.4 Å². The number of aromatic amines is 1. The molecule has 4 aromatic rings. The lowest BCUT2D eigenvalue weighted by atomic mass is 9.96. The van der Waals surface area contributed by atoms with E-state index in [-0.39, 0.29) is 25.7 Å². The molecule has 11 atom stereocenters. The second-order valence-electron chi connectivity index (χ2n) is 19.6. The number of hydrogen-bond acceptors (Lipinski definition) is 16. The van der Waals surface area contributed by atoms with Gasteiger partial charge in [0.15, 0.2) is 0 Å². The predicted octanol–water partition coefficient (Wildman–Crippen LogP) is -4.13. The van der Waals surface area contributed by atoms with Crippen LogP contribution in [0.4, 0.5) is 0 Å². The molecule has 9 amide bonds. The quantitative estimate of drug-likeness (QED) is 0.0211. The fraction of sp³-hybridized carbons (Fsp3) is 0.436. The van der Waals surface area contributed by atoms with E-state index in [0.717, 1.165) is 0 Å². The van der Waals surface area contributed by atoms with Crippen LogP contribution in [0.25, 0.3) is 10.9 Å². The standard InChI is InChI=1S/C55H73N11O17/c1-4-29(2)45(53(80)59-36(55(82)83)19-20-44(72)73)65-49(76)39(23-33-25-57-35-18-12-11-17-34(33)35)60-50(77)40(26-67)63-52(79)42(28-69)64-51(78)41(27-68)62-47(74)38(22-32-15-9-6-10-16-32)61-54(81)46(30(3)70)66-48(75)37(58-43(71)24-56)21-31-13-7-5-8-14-31/h5-18,25,29-30,36-42,45-46,57,67-70H,4,19-24,26-28,56H2,1-3H3,(H,58,71)(H,59,80)(H,60,77)(H,61,81)(H,62,74)(H,63,79)(H,64,78)(H,65,76)(H,66,75)(H,72,73)(H,82,83)/t29-,30+,36-,37-,38-,39-,40-,41-,42-,45-,46-/m0/s1. The highest BCUT2D eigenvalue weighted by molar-refractivity contribution is 5.99. The molecule has 0 spiro atoms. The van der Waals surface area contributed by atoms with Crippen molar-refractivity contribution in [1.29, 1.82) is 0 Å². The van der Waals surface area contributed by atoms with Crippen molar-refractivity contribution in [2.75, 3.05) is 26.4 Å². The largest absolute Gasteiger partial charge is 0.481 e. The minimum absolute atomic E-state index is 0.0357. The molecule has 0 aliphatic heterocycles. The van der Waals surface area contributed by atoms with E-state index >= 15 is 0 Å². The second-order valence-corrected chi connectivity index (χ2v) is 19.6. The van der Waals surface area contributed by atoms with E-state index in [9.17, 15) is 78.3 Å². The number of amides is 9. The lowest BCUT2D eigenvalue weighted by Crippen LogP contribution is -2.63. The Balaban J connectivity index is 1.51. The molecular weight excluding hydrogens is 1090 g/mol. The van der Waals surface area contributed by atoms with E-state index in [1.807, 2.05) is 0 Å². The van der Waals surface area contributed by atoms with Crippen LogP contribution in [0.5, 0.6) is 0 Å². The van der Waals surface area contributed by atoms with Crippen LogP contribution < -0.4 is 53.6 Å². The third-order valence-electron chi connectivity index (χ3n) is 13.3. The first-order chi connectivity index (χ1) is 39.5. The number of aromatic nitrogens is 1. The van der Waals surface area contributed by atoms with Crippen LogP contribution in [-0.2, 0) is 72.0 Å². The summed E-state index contributed by atoms with van der Waals surface area (Å²) in [4.78, 5) is 149. The third kappa shape index (κ3) is 20.6. The zero-order valence-electron chi connectivity index (χ0n) is 45.8. The van der Waals surface area contributed by atoms with Crippen LogP contribution in [-0.4, -0.2) is 188 Å². The molecule has 0 bridgehead atoms. The van der Waals surface area contributed by atoms with Gasteiger partial charge in [-0.05, 0) is 42.0 Å². The Bertz CT molecular complexity index is 2870. The Kier molecular flexibility index (Phi) is 26.7. The first kappa shape index (κ1) is 66.7. The number of carboxylic acid groups (broad SMARTS) is 2. The van der Waals surface area contributed by atoms with Crippen LogP contribution in [0.1, 0.15) is 56.7 Å². The second kappa shape index (κ2) is 33.2. The van der Waals surface area contributed by atoms with Gasteiger partial charge in [0.2, 0.25) is 53.2 Å². The summed E-state index contributed by atoms with van der Waals surface area (Å²) >= 11 is 0. The van der Waals surface area contributed by atoms with Crippen molar-refractivity contribution in [1.82, 2.24) is 52.8 Å².